The molecule has 1 aromatic rings. The van der Waals surface area contributed by atoms with Gasteiger partial charge >= 0.3 is 0 Å². The smallest absolute Gasteiger partial charge is 0.0637 e. The average Bonchev–Trinajstić information content (AvgIpc) is 2.19. The van der Waals surface area contributed by atoms with E-state index >= 15 is 0 Å². The Morgan fingerprint density at radius 3 is 2.60 bits per heavy atom. The first-order valence-corrected chi connectivity index (χ1v) is 5.73. The number of hydrogen-bond donors (Lipinski definition) is 2. The molecule has 0 heterocycles. The molecule has 1 aromatic carbocycles. The van der Waals surface area contributed by atoms with Gasteiger partial charge in [0.05, 0.1) is 17.3 Å². The molecule has 0 saturated heterocycles. The van der Waals surface area contributed by atoms with Crippen LogP contribution in [0.1, 0.15) is 19.3 Å². The highest BCUT2D eigenvalue weighted by Gasteiger charge is 2.35. The first-order chi connectivity index (χ1) is 7.26. The number of halogens is 1. The molecular formula is C12H16ClNO. The van der Waals surface area contributed by atoms with E-state index in [2.05, 4.69) is 5.32 Å². The van der Waals surface area contributed by atoms with Crippen LogP contribution in [0.4, 0.5) is 5.69 Å². The average molecular weight is 226 g/mol. The van der Waals surface area contributed by atoms with Gasteiger partial charge in [-0.15, -0.1) is 0 Å². The third-order valence-electron chi connectivity index (χ3n) is 3.28. The molecule has 0 radical (unpaired) electrons. The normalized spacial score (nSPS) is 18.3. The zero-order valence-electron chi connectivity index (χ0n) is 8.67. The first kappa shape index (κ1) is 10.8. The van der Waals surface area contributed by atoms with Crippen LogP contribution in [-0.4, -0.2) is 18.3 Å². The van der Waals surface area contributed by atoms with Crippen LogP contribution < -0.4 is 5.32 Å². The topological polar surface area (TPSA) is 32.3 Å². The van der Waals surface area contributed by atoms with Gasteiger partial charge in [0.2, 0.25) is 0 Å². The number of anilines is 1. The van der Waals surface area contributed by atoms with Crippen molar-refractivity contribution in [3.8, 4) is 0 Å². The van der Waals surface area contributed by atoms with Crippen molar-refractivity contribution in [2.75, 3.05) is 18.5 Å². The van der Waals surface area contributed by atoms with Gasteiger partial charge < -0.3 is 10.4 Å². The van der Waals surface area contributed by atoms with Crippen molar-refractivity contribution in [1.82, 2.24) is 0 Å². The molecule has 0 unspecified atom stereocenters. The Morgan fingerprint density at radius 1 is 1.33 bits per heavy atom. The molecule has 82 valence electrons. The van der Waals surface area contributed by atoms with E-state index in [1.165, 1.54) is 6.42 Å². The van der Waals surface area contributed by atoms with Gasteiger partial charge in [-0.2, -0.15) is 0 Å². The highest BCUT2D eigenvalue weighted by molar-refractivity contribution is 6.33. The largest absolute Gasteiger partial charge is 0.396 e. The summed E-state index contributed by atoms with van der Waals surface area (Å²) in [4.78, 5) is 0. The van der Waals surface area contributed by atoms with Gasteiger partial charge in [0, 0.05) is 12.0 Å². The number of aliphatic hydroxyl groups is 1. The molecule has 1 aliphatic carbocycles. The zero-order chi connectivity index (χ0) is 10.7. The van der Waals surface area contributed by atoms with Crippen molar-refractivity contribution in [2.24, 2.45) is 5.41 Å². The Labute approximate surface area is 95.3 Å². The second-order valence-electron chi connectivity index (χ2n) is 4.35. The zero-order valence-corrected chi connectivity index (χ0v) is 9.43. The molecular weight excluding hydrogens is 210 g/mol. The molecule has 3 heteroatoms. The summed E-state index contributed by atoms with van der Waals surface area (Å²) < 4.78 is 0. The van der Waals surface area contributed by atoms with Crippen LogP contribution in [0.15, 0.2) is 24.3 Å². The Kier molecular flexibility index (Phi) is 3.17. The quantitative estimate of drug-likeness (QED) is 0.826. The van der Waals surface area contributed by atoms with Gasteiger partial charge in [-0.1, -0.05) is 30.2 Å². The molecule has 2 N–H and O–H groups in total. The lowest BCUT2D eigenvalue weighted by atomic mass is 9.69. The minimum atomic E-state index is 0.0964. The SMILES string of the molecule is OCC1(CNc2ccccc2Cl)CCC1. The summed E-state index contributed by atoms with van der Waals surface area (Å²) >= 11 is 6.03. The second-order valence-corrected chi connectivity index (χ2v) is 4.75. The Bertz CT molecular complexity index is 331. The fourth-order valence-corrected chi connectivity index (χ4v) is 2.16. The molecule has 1 saturated carbocycles. The fraction of sp³-hybridized carbons (Fsp3) is 0.500. The summed E-state index contributed by atoms with van der Waals surface area (Å²) in [7, 11) is 0. The van der Waals surface area contributed by atoms with E-state index in [1.807, 2.05) is 24.3 Å². The second kappa shape index (κ2) is 4.42. The number of nitrogens with one attached hydrogen (secondary N) is 1. The summed E-state index contributed by atoms with van der Waals surface area (Å²) in [6.07, 6.45) is 3.45. The van der Waals surface area contributed by atoms with E-state index in [0.29, 0.717) is 0 Å². The molecule has 1 aliphatic rings. The van der Waals surface area contributed by atoms with Crippen LogP contribution in [0.25, 0.3) is 0 Å². The molecule has 0 bridgehead atoms. The van der Waals surface area contributed by atoms with Crippen LogP contribution in [-0.2, 0) is 0 Å². The Hall–Kier alpha value is -0.730. The molecule has 0 aromatic heterocycles. The lowest BCUT2D eigenvalue weighted by molar-refractivity contribution is 0.0576. The van der Waals surface area contributed by atoms with E-state index in [4.69, 9.17) is 11.6 Å². The Balaban J connectivity index is 1.95. The fourth-order valence-electron chi connectivity index (χ4n) is 1.95. The van der Waals surface area contributed by atoms with E-state index in [1.54, 1.807) is 0 Å². The maximum atomic E-state index is 9.31. The molecule has 0 atom stereocenters. The van der Waals surface area contributed by atoms with E-state index in [9.17, 15) is 5.11 Å². The molecule has 0 amide bonds. The predicted octanol–water partition coefficient (Wildman–Crippen LogP) is 2.91. The number of para-hydroxylation sites is 1. The highest BCUT2D eigenvalue weighted by Crippen LogP contribution is 2.40. The molecule has 1 fully saturated rings. The number of hydrogen-bond acceptors (Lipinski definition) is 2. The molecule has 0 aliphatic heterocycles. The maximum absolute atomic E-state index is 9.31. The molecule has 0 spiro atoms. The third-order valence-corrected chi connectivity index (χ3v) is 3.61. The number of aliphatic hydroxyl groups excluding tert-OH is 1. The van der Waals surface area contributed by atoms with Crippen molar-refractivity contribution in [3.63, 3.8) is 0 Å². The molecule has 2 rings (SSSR count). The van der Waals surface area contributed by atoms with Gasteiger partial charge in [0.1, 0.15) is 0 Å². The summed E-state index contributed by atoms with van der Waals surface area (Å²) in [5, 5.41) is 13.4. The monoisotopic (exact) mass is 225 g/mol. The highest BCUT2D eigenvalue weighted by atomic mass is 35.5. The van der Waals surface area contributed by atoms with Crippen LogP contribution in [0.2, 0.25) is 5.02 Å². The van der Waals surface area contributed by atoms with Gasteiger partial charge in [0.15, 0.2) is 0 Å². The standard InChI is InChI=1S/C12H16ClNO/c13-10-4-1-2-5-11(10)14-8-12(9-15)6-3-7-12/h1-2,4-5,14-15H,3,6-9H2. The number of rotatable bonds is 4. The van der Waals surface area contributed by atoms with Crippen LogP contribution in [0, 0.1) is 5.41 Å². The molecule has 15 heavy (non-hydrogen) atoms. The van der Waals surface area contributed by atoms with E-state index in [0.717, 1.165) is 30.1 Å². The Morgan fingerprint density at radius 2 is 2.07 bits per heavy atom. The van der Waals surface area contributed by atoms with Gasteiger partial charge in [-0.3, -0.25) is 0 Å². The summed E-state index contributed by atoms with van der Waals surface area (Å²) in [6, 6.07) is 7.71. The van der Waals surface area contributed by atoms with Crippen molar-refractivity contribution in [2.45, 2.75) is 19.3 Å². The minimum Gasteiger partial charge on any atom is -0.396 e. The predicted molar refractivity (Wildman–Crippen MR) is 63.3 cm³/mol. The van der Waals surface area contributed by atoms with Crippen LogP contribution in [0.5, 0.6) is 0 Å². The first-order valence-electron chi connectivity index (χ1n) is 5.35. The maximum Gasteiger partial charge on any atom is 0.0637 e. The van der Waals surface area contributed by atoms with E-state index < -0.39 is 0 Å². The van der Waals surface area contributed by atoms with Gasteiger partial charge in [-0.05, 0) is 25.0 Å². The third kappa shape index (κ3) is 2.27. The molecule has 2 nitrogen and oxygen atoms in total. The lowest BCUT2D eigenvalue weighted by Crippen LogP contribution is -2.39. The summed E-state index contributed by atoms with van der Waals surface area (Å²) in [6.45, 7) is 1.08. The van der Waals surface area contributed by atoms with Crippen LogP contribution in [0.3, 0.4) is 0 Å². The van der Waals surface area contributed by atoms with Crippen molar-refractivity contribution in [1.29, 1.82) is 0 Å². The number of benzene rings is 1. The summed E-state index contributed by atoms with van der Waals surface area (Å²) in [5.74, 6) is 0. The van der Waals surface area contributed by atoms with Crippen molar-refractivity contribution in [3.05, 3.63) is 29.3 Å². The van der Waals surface area contributed by atoms with Crippen molar-refractivity contribution < 1.29 is 5.11 Å². The minimum absolute atomic E-state index is 0.0964. The van der Waals surface area contributed by atoms with Gasteiger partial charge in [0.25, 0.3) is 0 Å². The summed E-state index contributed by atoms with van der Waals surface area (Å²) in [5.41, 5.74) is 1.05. The van der Waals surface area contributed by atoms with Crippen molar-refractivity contribution >= 4 is 17.3 Å². The van der Waals surface area contributed by atoms with Crippen LogP contribution >= 0.6 is 11.6 Å². The van der Waals surface area contributed by atoms with E-state index in [-0.39, 0.29) is 12.0 Å². The van der Waals surface area contributed by atoms with Gasteiger partial charge in [-0.25, -0.2) is 0 Å². The lowest BCUT2D eigenvalue weighted by Gasteiger charge is -2.40.